The second-order valence-electron chi connectivity index (χ2n) is 7.58. The molecule has 7 nitrogen and oxygen atoms in total. The van der Waals surface area contributed by atoms with Crippen LogP contribution in [-0.2, 0) is 6.54 Å². The molecule has 0 saturated carbocycles. The quantitative estimate of drug-likeness (QED) is 0.445. The number of anilines is 1. The largest absolute Gasteiger partial charge is 0.496 e. The van der Waals surface area contributed by atoms with Gasteiger partial charge in [0.05, 0.1) is 29.6 Å². The summed E-state index contributed by atoms with van der Waals surface area (Å²) < 4.78 is 5.51. The molecule has 32 heavy (non-hydrogen) atoms. The highest BCUT2D eigenvalue weighted by atomic mass is 32.1. The summed E-state index contributed by atoms with van der Waals surface area (Å²) in [5.41, 5.74) is 3.80. The Hall–Kier alpha value is -3.36. The van der Waals surface area contributed by atoms with Crippen molar-refractivity contribution in [1.82, 2.24) is 24.8 Å². The van der Waals surface area contributed by atoms with E-state index in [-0.39, 0.29) is 0 Å². The summed E-state index contributed by atoms with van der Waals surface area (Å²) in [5.74, 6) is 1.71. The first-order chi connectivity index (χ1) is 15.8. The Bertz CT molecular complexity index is 1160. The first-order valence-electron chi connectivity index (χ1n) is 10.6. The monoisotopic (exact) mass is 444 g/mol. The first kappa shape index (κ1) is 20.5. The van der Waals surface area contributed by atoms with Crippen LogP contribution >= 0.6 is 11.3 Å². The van der Waals surface area contributed by atoms with Gasteiger partial charge >= 0.3 is 0 Å². The minimum Gasteiger partial charge on any atom is -0.496 e. The van der Waals surface area contributed by atoms with Crippen molar-refractivity contribution in [2.45, 2.75) is 6.54 Å². The molecule has 4 heterocycles. The molecule has 1 fully saturated rings. The molecule has 8 heteroatoms. The number of nitrogens with zero attached hydrogens (tertiary/aromatic N) is 6. The number of methoxy groups -OCH3 is 1. The highest BCUT2D eigenvalue weighted by Crippen LogP contribution is 2.33. The van der Waals surface area contributed by atoms with Gasteiger partial charge in [0.15, 0.2) is 0 Å². The van der Waals surface area contributed by atoms with E-state index in [1.807, 2.05) is 24.4 Å². The number of benzene rings is 1. The number of thiophene rings is 1. The third-order valence-electron chi connectivity index (χ3n) is 5.61. The molecule has 162 valence electrons. The predicted molar refractivity (Wildman–Crippen MR) is 127 cm³/mol. The van der Waals surface area contributed by atoms with Crippen LogP contribution in [0.5, 0.6) is 5.75 Å². The van der Waals surface area contributed by atoms with E-state index in [0.29, 0.717) is 0 Å². The standard InChI is InChI=1S/C24H24N6OS/c1-31-21-6-3-2-5-18(21)17-29-10-12-30(13-11-29)24-27-15-19(20-16-25-8-9-26-20)23(28-24)22-7-4-14-32-22/h2-9,14-16H,10-13,17H2,1H3. The minimum atomic E-state index is 0.762. The molecule has 1 saturated heterocycles. The van der Waals surface area contributed by atoms with Crippen LogP contribution < -0.4 is 9.64 Å². The molecule has 0 unspecified atom stereocenters. The van der Waals surface area contributed by atoms with Crippen molar-refractivity contribution in [3.8, 4) is 27.6 Å². The molecule has 0 bridgehead atoms. The van der Waals surface area contributed by atoms with E-state index < -0.39 is 0 Å². The third kappa shape index (κ3) is 4.32. The number of para-hydroxylation sites is 1. The van der Waals surface area contributed by atoms with Crippen molar-refractivity contribution >= 4 is 17.3 Å². The lowest BCUT2D eigenvalue weighted by Gasteiger charge is -2.35. The van der Waals surface area contributed by atoms with Gasteiger partial charge in [0.1, 0.15) is 5.75 Å². The fourth-order valence-corrected chi connectivity index (χ4v) is 4.66. The zero-order chi connectivity index (χ0) is 21.8. The molecule has 1 aliphatic rings. The van der Waals surface area contributed by atoms with Gasteiger partial charge in [-0.15, -0.1) is 11.3 Å². The van der Waals surface area contributed by atoms with Crippen LogP contribution in [-0.4, -0.2) is 58.1 Å². The van der Waals surface area contributed by atoms with Crippen molar-refractivity contribution in [3.05, 3.63) is 72.1 Å². The van der Waals surface area contributed by atoms with Crippen molar-refractivity contribution < 1.29 is 4.74 Å². The summed E-state index contributed by atoms with van der Waals surface area (Å²) >= 11 is 1.67. The van der Waals surface area contributed by atoms with E-state index >= 15 is 0 Å². The molecule has 0 radical (unpaired) electrons. The van der Waals surface area contributed by atoms with E-state index in [1.165, 1.54) is 5.56 Å². The number of rotatable bonds is 6. The Morgan fingerprint density at radius 3 is 2.59 bits per heavy atom. The van der Waals surface area contributed by atoms with Gasteiger partial charge in [-0.25, -0.2) is 9.97 Å². The van der Waals surface area contributed by atoms with Crippen LogP contribution in [0.3, 0.4) is 0 Å². The summed E-state index contributed by atoms with van der Waals surface area (Å²) in [7, 11) is 1.73. The minimum absolute atomic E-state index is 0.762. The van der Waals surface area contributed by atoms with E-state index in [2.05, 4.69) is 43.3 Å². The number of ether oxygens (including phenoxy) is 1. The molecule has 0 atom stereocenters. The molecular formula is C24H24N6OS. The van der Waals surface area contributed by atoms with Crippen molar-refractivity contribution in [2.24, 2.45) is 0 Å². The maximum atomic E-state index is 5.51. The summed E-state index contributed by atoms with van der Waals surface area (Å²) in [4.78, 5) is 24.1. The van der Waals surface area contributed by atoms with Crippen LogP contribution in [0.2, 0.25) is 0 Å². The van der Waals surface area contributed by atoms with Gasteiger partial charge in [-0.1, -0.05) is 24.3 Å². The van der Waals surface area contributed by atoms with Gasteiger partial charge in [-0.3, -0.25) is 14.9 Å². The van der Waals surface area contributed by atoms with Crippen LogP contribution in [0.1, 0.15) is 5.56 Å². The molecule has 0 aliphatic carbocycles. The van der Waals surface area contributed by atoms with Crippen molar-refractivity contribution in [1.29, 1.82) is 0 Å². The van der Waals surface area contributed by atoms with E-state index in [1.54, 1.807) is 37.0 Å². The fraction of sp³-hybridized carbons (Fsp3) is 0.250. The van der Waals surface area contributed by atoms with Crippen LogP contribution in [0, 0.1) is 0 Å². The molecule has 1 aliphatic heterocycles. The first-order valence-corrected chi connectivity index (χ1v) is 11.5. The second kappa shape index (κ2) is 9.42. The van der Waals surface area contributed by atoms with Gasteiger partial charge in [0.25, 0.3) is 0 Å². The van der Waals surface area contributed by atoms with E-state index in [4.69, 9.17) is 14.7 Å². The van der Waals surface area contributed by atoms with Crippen LogP contribution in [0.25, 0.3) is 21.8 Å². The number of aromatic nitrogens is 4. The highest BCUT2D eigenvalue weighted by molar-refractivity contribution is 7.13. The molecule has 0 amide bonds. The van der Waals surface area contributed by atoms with E-state index in [9.17, 15) is 0 Å². The Labute approximate surface area is 191 Å². The maximum absolute atomic E-state index is 5.51. The SMILES string of the molecule is COc1ccccc1CN1CCN(c2ncc(-c3cnccn3)c(-c3cccs3)n2)CC1. The fourth-order valence-electron chi connectivity index (χ4n) is 3.93. The number of hydrogen-bond acceptors (Lipinski definition) is 8. The average Bonchev–Trinajstić information content (AvgIpc) is 3.40. The predicted octanol–water partition coefficient (Wildman–Crippen LogP) is 3.99. The second-order valence-corrected chi connectivity index (χ2v) is 8.52. The Morgan fingerprint density at radius 1 is 0.969 bits per heavy atom. The highest BCUT2D eigenvalue weighted by Gasteiger charge is 2.22. The van der Waals surface area contributed by atoms with E-state index in [0.717, 1.165) is 66.3 Å². The number of piperazine rings is 1. The zero-order valence-corrected chi connectivity index (χ0v) is 18.7. The normalized spacial score (nSPS) is 14.5. The van der Waals surface area contributed by atoms with Gasteiger partial charge in [-0.05, 0) is 17.5 Å². The summed E-state index contributed by atoms with van der Waals surface area (Å²) in [5, 5.41) is 2.06. The smallest absolute Gasteiger partial charge is 0.226 e. The molecule has 5 rings (SSSR count). The van der Waals surface area contributed by atoms with Gasteiger partial charge < -0.3 is 9.64 Å². The Kier molecular flexibility index (Phi) is 6.04. The van der Waals surface area contributed by atoms with Crippen LogP contribution in [0.15, 0.2) is 66.6 Å². The zero-order valence-electron chi connectivity index (χ0n) is 17.9. The Balaban J connectivity index is 1.34. The average molecular weight is 445 g/mol. The summed E-state index contributed by atoms with van der Waals surface area (Å²) in [6, 6.07) is 12.3. The lowest BCUT2D eigenvalue weighted by Crippen LogP contribution is -2.46. The molecule has 4 aromatic rings. The Morgan fingerprint density at radius 2 is 1.84 bits per heavy atom. The topological polar surface area (TPSA) is 67.3 Å². The molecular weight excluding hydrogens is 420 g/mol. The molecule has 0 spiro atoms. The maximum Gasteiger partial charge on any atom is 0.226 e. The molecule has 1 aromatic carbocycles. The number of hydrogen-bond donors (Lipinski definition) is 0. The molecule has 3 aromatic heterocycles. The van der Waals surface area contributed by atoms with Gasteiger partial charge in [0, 0.05) is 62.4 Å². The lowest BCUT2D eigenvalue weighted by atomic mass is 10.1. The molecule has 0 N–H and O–H groups in total. The van der Waals surface area contributed by atoms with Crippen LogP contribution in [0.4, 0.5) is 5.95 Å². The van der Waals surface area contributed by atoms with Crippen molar-refractivity contribution in [3.63, 3.8) is 0 Å². The summed E-state index contributed by atoms with van der Waals surface area (Å²) in [6.45, 7) is 4.53. The van der Waals surface area contributed by atoms with Crippen molar-refractivity contribution in [2.75, 3.05) is 38.2 Å². The van der Waals surface area contributed by atoms with Gasteiger partial charge in [0.2, 0.25) is 5.95 Å². The van der Waals surface area contributed by atoms with Gasteiger partial charge in [-0.2, -0.15) is 0 Å². The summed E-state index contributed by atoms with van der Waals surface area (Å²) in [6.07, 6.45) is 7.01. The lowest BCUT2D eigenvalue weighted by molar-refractivity contribution is 0.245. The third-order valence-corrected chi connectivity index (χ3v) is 6.49.